The summed E-state index contributed by atoms with van der Waals surface area (Å²) in [6, 6.07) is 3.29. The molecule has 0 spiro atoms. The van der Waals surface area contributed by atoms with Gasteiger partial charge < -0.3 is 14.8 Å². The number of rotatable bonds is 5. The number of aliphatic carboxylic acids is 1. The van der Waals surface area contributed by atoms with Gasteiger partial charge in [-0.2, -0.15) is 0 Å². The highest BCUT2D eigenvalue weighted by Gasteiger charge is 2.13. The summed E-state index contributed by atoms with van der Waals surface area (Å²) in [6.07, 6.45) is 0.404. The molecular weight excluding hydrogens is 210 g/mol. The normalized spacial score (nSPS) is 12.1. The monoisotopic (exact) mass is 225 g/mol. The second kappa shape index (κ2) is 5.34. The van der Waals surface area contributed by atoms with E-state index in [-0.39, 0.29) is 11.7 Å². The Morgan fingerprint density at radius 2 is 2.19 bits per heavy atom. The van der Waals surface area contributed by atoms with E-state index < -0.39 is 11.9 Å². The van der Waals surface area contributed by atoms with Crippen LogP contribution in [0.1, 0.15) is 29.7 Å². The van der Waals surface area contributed by atoms with Crippen molar-refractivity contribution in [2.75, 3.05) is 6.54 Å². The quantitative estimate of drug-likeness (QED) is 0.794. The van der Waals surface area contributed by atoms with E-state index in [0.29, 0.717) is 18.7 Å². The zero-order valence-corrected chi connectivity index (χ0v) is 9.32. The highest BCUT2D eigenvalue weighted by molar-refractivity contribution is 5.91. The van der Waals surface area contributed by atoms with Crippen LogP contribution in [0, 0.1) is 12.8 Å². The lowest BCUT2D eigenvalue weighted by Crippen LogP contribution is -2.26. The minimum Gasteiger partial charge on any atom is -0.481 e. The number of carbonyl (C=O) groups excluding carboxylic acids is 1. The molecule has 1 aromatic rings. The fourth-order valence-electron chi connectivity index (χ4n) is 1.17. The molecule has 0 aliphatic rings. The lowest BCUT2D eigenvalue weighted by atomic mass is 10.1. The standard InChI is InChI=1S/C11H15NO4/c1-7(11(14)15)5-6-12-10(13)9-4-3-8(2)16-9/h3-4,7H,5-6H2,1-2H3,(H,12,13)(H,14,15). The number of aryl methyl sites for hydroxylation is 1. The Hall–Kier alpha value is -1.78. The molecule has 2 N–H and O–H groups in total. The number of hydrogen-bond acceptors (Lipinski definition) is 3. The minimum absolute atomic E-state index is 0.250. The van der Waals surface area contributed by atoms with Crippen LogP contribution < -0.4 is 5.32 Å². The van der Waals surface area contributed by atoms with E-state index in [1.807, 2.05) is 0 Å². The molecule has 0 radical (unpaired) electrons. The molecule has 16 heavy (non-hydrogen) atoms. The van der Waals surface area contributed by atoms with Crippen molar-refractivity contribution in [1.82, 2.24) is 5.32 Å². The molecule has 1 heterocycles. The second-order valence-electron chi connectivity index (χ2n) is 3.69. The first kappa shape index (κ1) is 12.3. The van der Waals surface area contributed by atoms with Gasteiger partial charge in [0.1, 0.15) is 5.76 Å². The largest absolute Gasteiger partial charge is 0.481 e. The maximum absolute atomic E-state index is 11.5. The Balaban J connectivity index is 2.34. The first-order valence-electron chi connectivity index (χ1n) is 5.08. The summed E-state index contributed by atoms with van der Waals surface area (Å²) in [7, 11) is 0. The molecule has 1 rings (SSSR count). The van der Waals surface area contributed by atoms with Crippen LogP contribution >= 0.6 is 0 Å². The van der Waals surface area contributed by atoms with Crippen LogP contribution in [0.25, 0.3) is 0 Å². The zero-order valence-electron chi connectivity index (χ0n) is 9.32. The van der Waals surface area contributed by atoms with Gasteiger partial charge in [0.2, 0.25) is 0 Å². The van der Waals surface area contributed by atoms with Crippen molar-refractivity contribution in [2.24, 2.45) is 5.92 Å². The van der Waals surface area contributed by atoms with E-state index in [9.17, 15) is 9.59 Å². The van der Waals surface area contributed by atoms with Crippen molar-refractivity contribution in [3.8, 4) is 0 Å². The van der Waals surface area contributed by atoms with Gasteiger partial charge in [-0.1, -0.05) is 6.92 Å². The summed E-state index contributed by atoms with van der Waals surface area (Å²) in [5, 5.41) is 11.2. The van der Waals surface area contributed by atoms with E-state index in [2.05, 4.69) is 5.32 Å². The maximum atomic E-state index is 11.5. The van der Waals surface area contributed by atoms with E-state index >= 15 is 0 Å². The van der Waals surface area contributed by atoms with Crippen LogP contribution in [0.5, 0.6) is 0 Å². The van der Waals surface area contributed by atoms with Crippen molar-refractivity contribution >= 4 is 11.9 Å². The summed E-state index contributed by atoms with van der Waals surface area (Å²) in [6.45, 7) is 3.68. The first-order chi connectivity index (χ1) is 7.50. The van der Waals surface area contributed by atoms with Gasteiger partial charge in [0.05, 0.1) is 5.92 Å². The average Bonchev–Trinajstić information content (AvgIpc) is 2.64. The smallest absolute Gasteiger partial charge is 0.306 e. The fraction of sp³-hybridized carbons (Fsp3) is 0.455. The summed E-state index contributed by atoms with van der Waals surface area (Å²) < 4.78 is 5.12. The number of carboxylic acid groups (broad SMARTS) is 1. The molecule has 5 heteroatoms. The van der Waals surface area contributed by atoms with Crippen molar-refractivity contribution in [2.45, 2.75) is 20.3 Å². The minimum atomic E-state index is -0.858. The Labute approximate surface area is 93.4 Å². The van der Waals surface area contributed by atoms with Crippen molar-refractivity contribution < 1.29 is 19.1 Å². The fourth-order valence-corrected chi connectivity index (χ4v) is 1.17. The Bertz CT molecular complexity index is 383. The van der Waals surface area contributed by atoms with E-state index in [1.165, 1.54) is 0 Å². The molecule has 0 aromatic carbocycles. The molecule has 1 aromatic heterocycles. The SMILES string of the molecule is Cc1ccc(C(=O)NCCC(C)C(=O)O)o1. The summed E-state index contributed by atoms with van der Waals surface area (Å²) in [5.74, 6) is -0.711. The maximum Gasteiger partial charge on any atom is 0.306 e. The van der Waals surface area contributed by atoms with Gasteiger partial charge in [0, 0.05) is 6.54 Å². The van der Waals surface area contributed by atoms with Gasteiger partial charge >= 0.3 is 5.97 Å². The molecule has 1 atom stereocenters. The van der Waals surface area contributed by atoms with Crippen LogP contribution in [0.2, 0.25) is 0 Å². The van der Waals surface area contributed by atoms with Crippen molar-refractivity contribution in [1.29, 1.82) is 0 Å². The van der Waals surface area contributed by atoms with Crippen LogP contribution in [0.15, 0.2) is 16.5 Å². The predicted octanol–water partition coefficient (Wildman–Crippen LogP) is 1.43. The molecule has 1 unspecified atom stereocenters. The second-order valence-corrected chi connectivity index (χ2v) is 3.69. The van der Waals surface area contributed by atoms with Crippen molar-refractivity contribution in [3.63, 3.8) is 0 Å². The molecule has 0 aliphatic heterocycles. The number of hydrogen-bond donors (Lipinski definition) is 2. The van der Waals surface area contributed by atoms with E-state index in [0.717, 1.165) is 0 Å². The highest BCUT2D eigenvalue weighted by Crippen LogP contribution is 2.06. The van der Waals surface area contributed by atoms with Gasteiger partial charge in [0.15, 0.2) is 5.76 Å². The average molecular weight is 225 g/mol. The Morgan fingerprint density at radius 3 is 2.69 bits per heavy atom. The molecule has 5 nitrogen and oxygen atoms in total. The third kappa shape index (κ3) is 3.42. The summed E-state index contributed by atoms with van der Waals surface area (Å²) in [4.78, 5) is 22.0. The summed E-state index contributed by atoms with van der Waals surface area (Å²) in [5.41, 5.74) is 0. The van der Waals surface area contributed by atoms with Gasteiger partial charge in [-0.15, -0.1) is 0 Å². The van der Waals surface area contributed by atoms with Gasteiger partial charge in [-0.3, -0.25) is 9.59 Å². The third-order valence-corrected chi connectivity index (χ3v) is 2.25. The lowest BCUT2D eigenvalue weighted by Gasteiger charge is -2.06. The predicted molar refractivity (Wildman–Crippen MR) is 57.2 cm³/mol. The summed E-state index contributed by atoms with van der Waals surface area (Å²) >= 11 is 0. The molecule has 88 valence electrons. The Morgan fingerprint density at radius 1 is 1.50 bits per heavy atom. The zero-order chi connectivity index (χ0) is 12.1. The molecule has 0 saturated carbocycles. The number of carboxylic acids is 1. The molecule has 0 fully saturated rings. The van der Waals surface area contributed by atoms with Crippen LogP contribution in [-0.4, -0.2) is 23.5 Å². The van der Waals surface area contributed by atoms with Crippen LogP contribution in [-0.2, 0) is 4.79 Å². The van der Waals surface area contributed by atoms with Crippen LogP contribution in [0.4, 0.5) is 0 Å². The highest BCUT2D eigenvalue weighted by atomic mass is 16.4. The van der Waals surface area contributed by atoms with Gasteiger partial charge in [-0.05, 0) is 25.5 Å². The van der Waals surface area contributed by atoms with E-state index in [4.69, 9.17) is 9.52 Å². The number of carbonyl (C=O) groups is 2. The third-order valence-electron chi connectivity index (χ3n) is 2.25. The molecule has 0 saturated heterocycles. The molecular formula is C11H15NO4. The van der Waals surface area contributed by atoms with Crippen LogP contribution in [0.3, 0.4) is 0 Å². The molecule has 0 bridgehead atoms. The van der Waals surface area contributed by atoms with Gasteiger partial charge in [-0.25, -0.2) is 0 Å². The van der Waals surface area contributed by atoms with Crippen molar-refractivity contribution in [3.05, 3.63) is 23.7 Å². The van der Waals surface area contributed by atoms with E-state index in [1.54, 1.807) is 26.0 Å². The Kier molecular flexibility index (Phi) is 4.10. The number of furan rings is 1. The number of nitrogens with one attached hydrogen (secondary N) is 1. The molecule has 1 amide bonds. The first-order valence-corrected chi connectivity index (χ1v) is 5.08. The number of amides is 1. The van der Waals surface area contributed by atoms with Gasteiger partial charge in [0.25, 0.3) is 5.91 Å². The molecule has 0 aliphatic carbocycles. The lowest BCUT2D eigenvalue weighted by molar-refractivity contribution is -0.141. The topological polar surface area (TPSA) is 79.5 Å².